The summed E-state index contributed by atoms with van der Waals surface area (Å²) >= 11 is 6.31. The van der Waals surface area contributed by atoms with Gasteiger partial charge in [-0.15, -0.1) is 0 Å². The van der Waals surface area contributed by atoms with E-state index < -0.39 is 11.9 Å². The molecule has 9 heteroatoms. The summed E-state index contributed by atoms with van der Waals surface area (Å²) in [7, 11) is 0. The van der Waals surface area contributed by atoms with Gasteiger partial charge in [0.1, 0.15) is 12.9 Å². The Kier molecular flexibility index (Phi) is 5.24. The van der Waals surface area contributed by atoms with Crippen LogP contribution in [0.5, 0.6) is 5.75 Å². The first-order valence-electron chi connectivity index (χ1n) is 9.18. The van der Waals surface area contributed by atoms with Crippen LogP contribution in [0.4, 0.5) is 0 Å². The van der Waals surface area contributed by atoms with Gasteiger partial charge in [0, 0.05) is 21.4 Å². The Hall–Kier alpha value is -3.65. The summed E-state index contributed by atoms with van der Waals surface area (Å²) < 4.78 is 6.05. The van der Waals surface area contributed by atoms with E-state index in [0.717, 1.165) is 11.1 Å². The number of esters is 1. The summed E-state index contributed by atoms with van der Waals surface area (Å²) in [6.45, 7) is 1.55. The van der Waals surface area contributed by atoms with E-state index in [1.807, 2.05) is 24.3 Å². The van der Waals surface area contributed by atoms with Crippen molar-refractivity contribution in [1.29, 1.82) is 0 Å². The van der Waals surface area contributed by atoms with Gasteiger partial charge in [0.25, 0.3) is 5.91 Å². The van der Waals surface area contributed by atoms with Crippen LogP contribution >= 0.6 is 11.6 Å². The fourth-order valence-corrected chi connectivity index (χ4v) is 3.51. The molecule has 0 fully saturated rings. The molecule has 0 unspecified atom stereocenters. The lowest BCUT2D eigenvalue weighted by molar-refractivity contribution is -0.141. The van der Waals surface area contributed by atoms with Crippen LogP contribution in [0.25, 0.3) is 27.5 Å². The van der Waals surface area contributed by atoms with Gasteiger partial charge in [0.05, 0.1) is 6.61 Å². The molecule has 2 N–H and O–H groups in total. The van der Waals surface area contributed by atoms with E-state index in [2.05, 4.69) is 15.4 Å². The van der Waals surface area contributed by atoms with Crippen molar-refractivity contribution in [3.63, 3.8) is 0 Å². The third-order valence-corrected chi connectivity index (χ3v) is 4.93. The topological polar surface area (TPSA) is 106 Å². The van der Waals surface area contributed by atoms with E-state index in [1.54, 1.807) is 25.1 Å². The Morgan fingerprint density at radius 3 is 2.77 bits per heavy atom. The molecule has 0 saturated heterocycles. The van der Waals surface area contributed by atoms with Gasteiger partial charge < -0.3 is 15.2 Å². The lowest BCUT2D eigenvalue weighted by Gasteiger charge is -2.12. The molecule has 152 valence electrons. The molecule has 0 aliphatic carbocycles. The summed E-state index contributed by atoms with van der Waals surface area (Å²) in [5.41, 5.74) is 1.93. The summed E-state index contributed by atoms with van der Waals surface area (Å²) in [4.78, 5) is 28.5. The molecule has 4 aromatic rings. The molecule has 0 atom stereocenters. The molecule has 0 aliphatic rings. The number of carbonyl (C=O) groups excluding carboxylic acids is 2. The Labute approximate surface area is 176 Å². The number of halogens is 1. The molecular formula is C21H17ClN4O4. The largest absolute Gasteiger partial charge is 0.505 e. The van der Waals surface area contributed by atoms with Crippen LogP contribution in [-0.2, 0) is 9.53 Å². The minimum atomic E-state index is -0.673. The maximum absolute atomic E-state index is 12.7. The highest BCUT2D eigenvalue weighted by Crippen LogP contribution is 2.36. The number of fused-ring (bicyclic) bond motifs is 3. The van der Waals surface area contributed by atoms with Crippen molar-refractivity contribution < 1.29 is 19.4 Å². The van der Waals surface area contributed by atoms with Gasteiger partial charge in [-0.1, -0.05) is 35.9 Å². The van der Waals surface area contributed by atoms with E-state index in [9.17, 15) is 14.7 Å². The molecule has 4 rings (SSSR count). The second-order valence-corrected chi connectivity index (χ2v) is 6.83. The number of nitrogens with one attached hydrogen (secondary N) is 1. The van der Waals surface area contributed by atoms with Gasteiger partial charge >= 0.3 is 5.97 Å². The Bertz CT molecular complexity index is 1280. The van der Waals surface area contributed by atoms with Crippen molar-refractivity contribution in [2.75, 3.05) is 13.2 Å². The SMILES string of the molecule is CCOC(=O)CNC(=O)c1c(O)c2ccc(-c3ccccc3Cl)cc2c2ncnn12. The van der Waals surface area contributed by atoms with E-state index in [4.69, 9.17) is 16.3 Å². The smallest absolute Gasteiger partial charge is 0.325 e. The predicted octanol–water partition coefficient (Wildman–Crippen LogP) is 3.20. The Balaban J connectivity index is 1.82. The molecule has 30 heavy (non-hydrogen) atoms. The third kappa shape index (κ3) is 3.42. The first-order chi connectivity index (χ1) is 14.5. The van der Waals surface area contributed by atoms with Crippen molar-refractivity contribution in [3.8, 4) is 16.9 Å². The highest BCUT2D eigenvalue weighted by atomic mass is 35.5. The minimum absolute atomic E-state index is 0.121. The van der Waals surface area contributed by atoms with Crippen molar-refractivity contribution in [1.82, 2.24) is 19.9 Å². The predicted molar refractivity (Wildman–Crippen MR) is 112 cm³/mol. The van der Waals surface area contributed by atoms with Crippen molar-refractivity contribution in [3.05, 3.63) is 59.5 Å². The fraction of sp³-hybridized carbons (Fsp3) is 0.143. The first kappa shape index (κ1) is 19.7. The van der Waals surface area contributed by atoms with Gasteiger partial charge in [-0.2, -0.15) is 5.10 Å². The average Bonchev–Trinajstić information content (AvgIpc) is 3.22. The number of hydrogen-bond acceptors (Lipinski definition) is 6. The second kappa shape index (κ2) is 8.00. The number of benzene rings is 2. The molecule has 1 amide bonds. The molecule has 2 heterocycles. The van der Waals surface area contributed by atoms with Gasteiger partial charge in [-0.3, -0.25) is 9.59 Å². The van der Waals surface area contributed by atoms with Crippen LogP contribution in [0.1, 0.15) is 17.4 Å². The molecular weight excluding hydrogens is 408 g/mol. The number of rotatable bonds is 5. The maximum Gasteiger partial charge on any atom is 0.325 e. The molecule has 0 bridgehead atoms. The minimum Gasteiger partial charge on any atom is -0.505 e. The van der Waals surface area contributed by atoms with Crippen molar-refractivity contribution >= 4 is 39.9 Å². The van der Waals surface area contributed by atoms with Gasteiger partial charge in [-0.25, -0.2) is 9.50 Å². The standard InChI is InChI=1S/C21H17ClN4O4/c1-2-30-17(27)10-23-21(29)18-19(28)14-8-7-12(13-5-3-4-6-16(13)22)9-15(14)20-24-11-25-26(18)20/h3-9,11,28H,2,10H2,1H3,(H,23,29). The number of carbonyl (C=O) groups is 2. The Morgan fingerprint density at radius 1 is 1.20 bits per heavy atom. The summed E-state index contributed by atoms with van der Waals surface area (Å²) in [5.74, 6) is -1.52. The van der Waals surface area contributed by atoms with E-state index >= 15 is 0 Å². The molecule has 2 aromatic carbocycles. The van der Waals surface area contributed by atoms with Crippen LogP contribution < -0.4 is 5.32 Å². The Morgan fingerprint density at radius 2 is 2.00 bits per heavy atom. The quantitative estimate of drug-likeness (QED) is 0.476. The summed E-state index contributed by atoms with van der Waals surface area (Å²) in [6.07, 6.45) is 1.29. The highest BCUT2D eigenvalue weighted by Gasteiger charge is 2.22. The number of nitrogens with zero attached hydrogens (tertiary/aromatic N) is 3. The molecule has 0 saturated carbocycles. The van der Waals surface area contributed by atoms with Crippen molar-refractivity contribution in [2.45, 2.75) is 6.92 Å². The highest BCUT2D eigenvalue weighted by molar-refractivity contribution is 6.33. The number of ether oxygens (including phenoxy) is 1. The zero-order valence-electron chi connectivity index (χ0n) is 15.9. The number of hydrogen-bond donors (Lipinski definition) is 2. The molecule has 0 radical (unpaired) electrons. The lowest BCUT2D eigenvalue weighted by atomic mass is 10.0. The molecule has 2 aromatic heterocycles. The number of pyridine rings is 1. The van der Waals surface area contributed by atoms with Crippen LogP contribution in [0, 0.1) is 0 Å². The van der Waals surface area contributed by atoms with Crippen molar-refractivity contribution in [2.24, 2.45) is 0 Å². The van der Waals surface area contributed by atoms with E-state index in [0.29, 0.717) is 21.4 Å². The van der Waals surface area contributed by atoms with Crippen LogP contribution in [0.2, 0.25) is 5.02 Å². The normalized spacial score (nSPS) is 11.0. The number of aromatic hydroxyl groups is 1. The van der Waals surface area contributed by atoms with Gasteiger partial charge in [0.2, 0.25) is 0 Å². The summed E-state index contributed by atoms with van der Waals surface area (Å²) in [6, 6.07) is 12.7. The monoisotopic (exact) mass is 424 g/mol. The molecule has 0 aliphatic heterocycles. The first-order valence-corrected chi connectivity index (χ1v) is 9.56. The van der Waals surface area contributed by atoms with E-state index in [-0.39, 0.29) is 24.6 Å². The average molecular weight is 425 g/mol. The molecule has 0 spiro atoms. The maximum atomic E-state index is 12.7. The number of amides is 1. The second-order valence-electron chi connectivity index (χ2n) is 6.42. The van der Waals surface area contributed by atoms with Crippen LogP contribution in [-0.4, -0.2) is 44.7 Å². The van der Waals surface area contributed by atoms with Crippen LogP contribution in [0.15, 0.2) is 48.8 Å². The van der Waals surface area contributed by atoms with Gasteiger partial charge in [0.15, 0.2) is 17.1 Å². The third-order valence-electron chi connectivity index (χ3n) is 4.60. The zero-order valence-corrected chi connectivity index (χ0v) is 16.7. The zero-order chi connectivity index (χ0) is 21.3. The molecule has 8 nitrogen and oxygen atoms in total. The number of aromatic nitrogens is 3. The lowest BCUT2D eigenvalue weighted by Crippen LogP contribution is -2.32. The van der Waals surface area contributed by atoms with E-state index in [1.165, 1.54) is 10.8 Å². The van der Waals surface area contributed by atoms with Crippen LogP contribution in [0.3, 0.4) is 0 Å². The van der Waals surface area contributed by atoms with Gasteiger partial charge in [-0.05, 0) is 30.7 Å². The fourth-order valence-electron chi connectivity index (χ4n) is 3.27. The summed E-state index contributed by atoms with van der Waals surface area (Å²) in [5, 5.41) is 19.0.